The number of fused-ring (bicyclic) bond motifs is 3. The minimum absolute atomic E-state index is 0.635. The molecular weight excluding hydrogens is 346 g/mol. The molecule has 4 aromatic rings. The minimum atomic E-state index is 0.635. The third kappa shape index (κ3) is 2.91. The molecule has 1 N–H and O–H groups in total. The average Bonchev–Trinajstić information content (AvgIpc) is 3.17. The SMILES string of the molecule is COCCNc1c(-c2cccc(C)c2)nc2sc3cc(OC)ccc3n12. The Balaban J connectivity index is 1.92. The van der Waals surface area contributed by atoms with Crippen molar-refractivity contribution in [2.75, 3.05) is 32.7 Å². The number of aromatic nitrogens is 2. The molecule has 0 fully saturated rings. The van der Waals surface area contributed by atoms with Gasteiger partial charge in [0.05, 0.1) is 23.9 Å². The van der Waals surface area contributed by atoms with Gasteiger partial charge in [0.1, 0.15) is 17.3 Å². The van der Waals surface area contributed by atoms with E-state index in [-0.39, 0.29) is 0 Å². The standard InChI is InChI=1S/C20H21N3O2S/c1-13-5-4-6-14(11-13)18-19(21-9-10-24-2)23-16-8-7-15(25-3)12-17(16)26-20(23)22-18/h4-8,11-12,21H,9-10H2,1-3H3. The molecule has 0 aliphatic heterocycles. The highest BCUT2D eigenvalue weighted by Gasteiger charge is 2.18. The number of nitrogens with zero attached hydrogens (tertiary/aromatic N) is 2. The number of thiazole rings is 1. The van der Waals surface area contributed by atoms with E-state index in [9.17, 15) is 0 Å². The zero-order chi connectivity index (χ0) is 18.1. The summed E-state index contributed by atoms with van der Waals surface area (Å²) >= 11 is 1.66. The zero-order valence-corrected chi connectivity index (χ0v) is 15.9. The number of methoxy groups -OCH3 is 2. The Kier molecular flexibility index (Phi) is 4.53. The predicted molar refractivity (Wildman–Crippen MR) is 108 cm³/mol. The van der Waals surface area contributed by atoms with E-state index in [0.29, 0.717) is 6.61 Å². The van der Waals surface area contributed by atoms with Crippen LogP contribution in [0.3, 0.4) is 0 Å². The summed E-state index contributed by atoms with van der Waals surface area (Å²) in [4.78, 5) is 5.90. The fraction of sp³-hybridized carbons (Fsp3) is 0.250. The molecule has 0 spiro atoms. The van der Waals surface area contributed by atoms with Gasteiger partial charge in [0.2, 0.25) is 0 Å². The molecule has 4 rings (SSSR count). The Bertz CT molecular complexity index is 1070. The third-order valence-corrected chi connectivity index (χ3v) is 5.35. The van der Waals surface area contributed by atoms with Gasteiger partial charge < -0.3 is 14.8 Å². The van der Waals surface area contributed by atoms with Crippen LogP contribution in [0.1, 0.15) is 5.56 Å². The van der Waals surface area contributed by atoms with Gasteiger partial charge in [-0.1, -0.05) is 35.1 Å². The Morgan fingerprint density at radius 2 is 2.04 bits per heavy atom. The molecule has 0 unspecified atom stereocenters. The summed E-state index contributed by atoms with van der Waals surface area (Å²) in [5, 5.41) is 3.51. The van der Waals surface area contributed by atoms with Gasteiger partial charge in [0, 0.05) is 19.2 Å². The molecule has 2 aromatic carbocycles. The first kappa shape index (κ1) is 16.9. The van der Waals surface area contributed by atoms with Crippen LogP contribution in [0.5, 0.6) is 5.75 Å². The Hall–Kier alpha value is -2.57. The molecule has 134 valence electrons. The molecule has 0 saturated carbocycles. The van der Waals surface area contributed by atoms with E-state index in [2.05, 4.69) is 53.0 Å². The van der Waals surface area contributed by atoms with Crippen LogP contribution in [0.4, 0.5) is 5.82 Å². The zero-order valence-electron chi connectivity index (χ0n) is 15.1. The first-order valence-corrected chi connectivity index (χ1v) is 9.32. The monoisotopic (exact) mass is 367 g/mol. The molecule has 0 bridgehead atoms. The van der Waals surface area contributed by atoms with Crippen molar-refractivity contribution in [3.63, 3.8) is 0 Å². The van der Waals surface area contributed by atoms with Crippen molar-refractivity contribution in [3.8, 4) is 17.0 Å². The van der Waals surface area contributed by atoms with Crippen molar-refractivity contribution >= 4 is 32.3 Å². The van der Waals surface area contributed by atoms with Gasteiger partial charge in [-0.2, -0.15) is 0 Å². The van der Waals surface area contributed by atoms with Crippen molar-refractivity contribution in [1.29, 1.82) is 0 Å². The maximum absolute atomic E-state index is 5.36. The molecule has 2 heterocycles. The van der Waals surface area contributed by atoms with Crippen LogP contribution >= 0.6 is 11.3 Å². The molecule has 26 heavy (non-hydrogen) atoms. The largest absolute Gasteiger partial charge is 0.497 e. The van der Waals surface area contributed by atoms with Crippen LogP contribution in [0, 0.1) is 6.92 Å². The number of rotatable bonds is 6. The molecule has 5 nitrogen and oxygen atoms in total. The fourth-order valence-corrected chi connectivity index (χ4v) is 4.16. The van der Waals surface area contributed by atoms with Gasteiger partial charge >= 0.3 is 0 Å². The number of imidazole rings is 1. The molecule has 0 atom stereocenters. The van der Waals surface area contributed by atoms with Gasteiger partial charge in [-0.25, -0.2) is 4.98 Å². The second-order valence-corrected chi connectivity index (χ2v) is 7.16. The lowest BCUT2D eigenvalue weighted by Crippen LogP contribution is -2.10. The lowest BCUT2D eigenvalue weighted by Gasteiger charge is -2.09. The van der Waals surface area contributed by atoms with Crippen molar-refractivity contribution in [2.45, 2.75) is 6.92 Å². The number of benzene rings is 2. The lowest BCUT2D eigenvalue weighted by molar-refractivity contribution is 0.210. The summed E-state index contributed by atoms with van der Waals surface area (Å²) in [6.45, 7) is 3.45. The van der Waals surface area contributed by atoms with Crippen LogP contribution in [-0.4, -0.2) is 36.8 Å². The smallest absolute Gasteiger partial charge is 0.197 e. The maximum Gasteiger partial charge on any atom is 0.197 e. The highest BCUT2D eigenvalue weighted by atomic mass is 32.1. The normalized spacial score (nSPS) is 11.3. The lowest BCUT2D eigenvalue weighted by atomic mass is 10.1. The predicted octanol–water partition coefficient (Wildman–Crippen LogP) is 4.59. The summed E-state index contributed by atoms with van der Waals surface area (Å²) < 4.78 is 13.9. The first-order chi connectivity index (χ1) is 12.7. The number of ether oxygens (including phenoxy) is 2. The van der Waals surface area contributed by atoms with Crippen LogP contribution in [0.15, 0.2) is 42.5 Å². The van der Waals surface area contributed by atoms with Crippen molar-refractivity contribution in [2.24, 2.45) is 0 Å². The topological polar surface area (TPSA) is 47.8 Å². The molecule has 0 aliphatic rings. The van der Waals surface area contributed by atoms with Gasteiger partial charge in [-0.15, -0.1) is 0 Å². The van der Waals surface area contributed by atoms with E-state index in [4.69, 9.17) is 14.5 Å². The van der Waals surface area contributed by atoms with Crippen molar-refractivity contribution < 1.29 is 9.47 Å². The van der Waals surface area contributed by atoms with E-state index >= 15 is 0 Å². The average molecular weight is 367 g/mol. The summed E-state index contributed by atoms with van der Waals surface area (Å²) in [5.41, 5.74) is 4.42. The first-order valence-electron chi connectivity index (χ1n) is 8.50. The Morgan fingerprint density at radius 1 is 1.15 bits per heavy atom. The van der Waals surface area contributed by atoms with E-state index in [1.165, 1.54) is 5.56 Å². The molecule has 0 amide bonds. The summed E-state index contributed by atoms with van der Waals surface area (Å²) in [6, 6.07) is 14.6. The fourth-order valence-electron chi connectivity index (χ4n) is 3.11. The Morgan fingerprint density at radius 3 is 2.81 bits per heavy atom. The quantitative estimate of drug-likeness (QED) is 0.506. The number of hydrogen-bond donors (Lipinski definition) is 1. The van der Waals surface area contributed by atoms with E-state index in [1.54, 1.807) is 25.6 Å². The van der Waals surface area contributed by atoms with E-state index < -0.39 is 0 Å². The second-order valence-electron chi connectivity index (χ2n) is 6.15. The molecule has 2 aromatic heterocycles. The highest BCUT2D eigenvalue weighted by molar-refractivity contribution is 7.23. The minimum Gasteiger partial charge on any atom is -0.497 e. The molecule has 0 aliphatic carbocycles. The van der Waals surface area contributed by atoms with Crippen LogP contribution in [0.25, 0.3) is 26.4 Å². The highest BCUT2D eigenvalue weighted by Crippen LogP contribution is 2.37. The van der Waals surface area contributed by atoms with Crippen LogP contribution in [-0.2, 0) is 4.74 Å². The second kappa shape index (κ2) is 6.97. The third-order valence-electron chi connectivity index (χ3n) is 4.35. The van der Waals surface area contributed by atoms with Crippen LogP contribution in [0.2, 0.25) is 0 Å². The van der Waals surface area contributed by atoms with Gasteiger partial charge in [0.25, 0.3) is 0 Å². The van der Waals surface area contributed by atoms with Gasteiger partial charge in [0.15, 0.2) is 4.96 Å². The van der Waals surface area contributed by atoms with E-state index in [1.807, 2.05) is 6.07 Å². The summed E-state index contributed by atoms with van der Waals surface area (Å²) in [6.07, 6.45) is 0. The maximum atomic E-state index is 5.36. The van der Waals surface area contributed by atoms with Crippen molar-refractivity contribution in [1.82, 2.24) is 9.38 Å². The summed E-state index contributed by atoms with van der Waals surface area (Å²) in [5.74, 6) is 1.86. The number of nitrogens with one attached hydrogen (secondary N) is 1. The molecule has 6 heteroatoms. The number of anilines is 1. The number of aryl methyl sites for hydroxylation is 1. The number of hydrogen-bond acceptors (Lipinski definition) is 5. The molecule has 0 radical (unpaired) electrons. The molecular formula is C20H21N3O2S. The van der Waals surface area contributed by atoms with Gasteiger partial charge in [-0.3, -0.25) is 4.40 Å². The van der Waals surface area contributed by atoms with Crippen molar-refractivity contribution in [3.05, 3.63) is 48.0 Å². The molecule has 0 saturated heterocycles. The Labute approximate surface area is 156 Å². The summed E-state index contributed by atoms with van der Waals surface area (Å²) in [7, 11) is 3.40. The van der Waals surface area contributed by atoms with Gasteiger partial charge in [-0.05, 0) is 31.2 Å². The van der Waals surface area contributed by atoms with Crippen LogP contribution < -0.4 is 10.1 Å². The van der Waals surface area contributed by atoms with E-state index in [0.717, 1.165) is 44.5 Å².